The van der Waals surface area contributed by atoms with Crippen LogP contribution in [0.25, 0.3) is 0 Å². The maximum atomic E-state index is 12.4. The number of halogens is 2. The third kappa shape index (κ3) is 2.09. The van der Waals surface area contributed by atoms with Crippen LogP contribution in [0.4, 0.5) is 0 Å². The Morgan fingerprint density at radius 1 is 1.39 bits per heavy atom. The number of fused-ring (bicyclic) bond motifs is 1. The highest BCUT2D eigenvalue weighted by molar-refractivity contribution is 9.10. The van der Waals surface area contributed by atoms with E-state index < -0.39 is 0 Å². The van der Waals surface area contributed by atoms with Crippen molar-refractivity contribution in [3.63, 3.8) is 0 Å². The Morgan fingerprint density at radius 2 is 2.22 bits per heavy atom. The first kappa shape index (κ1) is 12.2. The van der Waals surface area contributed by atoms with Crippen molar-refractivity contribution >= 4 is 44.7 Å². The smallest absolute Gasteiger partial charge is 0.206 e. The number of ether oxygens (including phenoxy) is 1. The number of carbonyl (C=O) groups is 1. The second-order valence-corrected chi connectivity index (χ2v) is 6.60. The summed E-state index contributed by atoms with van der Waals surface area (Å²) in [7, 11) is 0. The van der Waals surface area contributed by atoms with Crippen LogP contribution in [0.15, 0.2) is 28.7 Å². The number of ketones is 1. The van der Waals surface area contributed by atoms with Crippen molar-refractivity contribution in [3.8, 4) is 5.75 Å². The molecule has 0 bridgehead atoms. The molecule has 1 aromatic carbocycles. The Morgan fingerprint density at radius 3 is 2.94 bits per heavy atom. The predicted molar refractivity (Wildman–Crippen MR) is 76.1 cm³/mol. The van der Waals surface area contributed by atoms with Crippen LogP contribution < -0.4 is 4.74 Å². The fraction of sp³-hybridized carbons (Fsp3) is 0.154. The van der Waals surface area contributed by atoms with Crippen LogP contribution in [0.2, 0.25) is 4.34 Å². The average molecular weight is 344 g/mol. The summed E-state index contributed by atoms with van der Waals surface area (Å²) in [4.78, 5) is 13.1. The maximum Gasteiger partial charge on any atom is 0.206 e. The first-order chi connectivity index (χ1) is 8.65. The number of carbonyl (C=O) groups excluding carboxylic acids is 1. The van der Waals surface area contributed by atoms with E-state index in [0.717, 1.165) is 16.5 Å². The van der Waals surface area contributed by atoms with Crippen LogP contribution in [-0.2, 0) is 6.42 Å². The molecular formula is C13H8BrClO2S. The number of rotatable bonds is 2. The summed E-state index contributed by atoms with van der Waals surface area (Å²) in [6.45, 7) is 0.636. The Hall–Kier alpha value is -0.840. The van der Waals surface area contributed by atoms with Gasteiger partial charge in [-0.2, -0.15) is 0 Å². The predicted octanol–water partition coefficient (Wildman–Crippen LogP) is 4.33. The summed E-state index contributed by atoms with van der Waals surface area (Å²) in [6, 6.07) is 7.29. The van der Waals surface area contributed by atoms with Crippen LogP contribution in [0.5, 0.6) is 5.75 Å². The Bertz CT molecular complexity index is 636. The summed E-state index contributed by atoms with van der Waals surface area (Å²) in [6.07, 6.45) is 0.847. The Kier molecular flexibility index (Phi) is 3.18. The lowest BCUT2D eigenvalue weighted by Gasteiger charge is -2.07. The zero-order valence-corrected chi connectivity index (χ0v) is 12.4. The number of benzene rings is 1. The normalized spacial score (nSPS) is 13.2. The molecule has 1 aliphatic heterocycles. The monoisotopic (exact) mass is 342 g/mol. The minimum absolute atomic E-state index is 0.0358. The molecule has 0 N–H and O–H groups in total. The first-order valence-electron chi connectivity index (χ1n) is 5.40. The van der Waals surface area contributed by atoms with Crippen LogP contribution in [-0.4, -0.2) is 12.4 Å². The molecule has 2 aromatic rings. The van der Waals surface area contributed by atoms with E-state index in [1.54, 1.807) is 18.2 Å². The van der Waals surface area contributed by atoms with Gasteiger partial charge < -0.3 is 4.74 Å². The average Bonchev–Trinajstić information content (AvgIpc) is 2.95. The minimum atomic E-state index is -0.0358. The first-order valence-corrected chi connectivity index (χ1v) is 7.39. The molecule has 0 atom stereocenters. The molecule has 1 aromatic heterocycles. The second kappa shape index (κ2) is 4.68. The largest absolute Gasteiger partial charge is 0.492 e. The van der Waals surface area contributed by atoms with Gasteiger partial charge in [-0.05, 0) is 29.8 Å². The van der Waals surface area contributed by atoms with Gasteiger partial charge in [-0.1, -0.05) is 27.5 Å². The van der Waals surface area contributed by atoms with Gasteiger partial charge in [0.2, 0.25) is 5.78 Å². The molecule has 2 nitrogen and oxygen atoms in total. The highest BCUT2D eigenvalue weighted by atomic mass is 79.9. The summed E-state index contributed by atoms with van der Waals surface area (Å²) in [5, 5.41) is 0. The van der Waals surface area contributed by atoms with Gasteiger partial charge in [-0.15, -0.1) is 11.3 Å². The topological polar surface area (TPSA) is 26.3 Å². The molecule has 0 saturated carbocycles. The van der Waals surface area contributed by atoms with Crippen molar-refractivity contribution in [3.05, 3.63) is 49.1 Å². The summed E-state index contributed by atoms with van der Waals surface area (Å²) >= 11 is 10.6. The van der Waals surface area contributed by atoms with Crippen molar-refractivity contribution in [2.75, 3.05) is 6.61 Å². The zero-order chi connectivity index (χ0) is 12.7. The van der Waals surface area contributed by atoms with Gasteiger partial charge in [0.15, 0.2) is 0 Å². The molecule has 0 saturated heterocycles. The van der Waals surface area contributed by atoms with Gasteiger partial charge >= 0.3 is 0 Å². The third-order valence-corrected chi connectivity index (χ3v) is 4.48. The molecule has 3 rings (SSSR count). The van der Waals surface area contributed by atoms with Gasteiger partial charge in [0, 0.05) is 10.9 Å². The second-order valence-electron chi connectivity index (χ2n) is 3.97. The van der Waals surface area contributed by atoms with Gasteiger partial charge in [-0.25, -0.2) is 0 Å². The zero-order valence-electron chi connectivity index (χ0n) is 9.20. The molecule has 18 heavy (non-hydrogen) atoms. The molecule has 92 valence electrons. The van der Waals surface area contributed by atoms with Crippen molar-refractivity contribution in [1.29, 1.82) is 0 Å². The van der Waals surface area contributed by atoms with Crippen molar-refractivity contribution in [2.45, 2.75) is 6.42 Å². The van der Waals surface area contributed by atoms with Crippen molar-refractivity contribution < 1.29 is 9.53 Å². The fourth-order valence-corrected chi connectivity index (χ4v) is 3.51. The van der Waals surface area contributed by atoms with E-state index in [9.17, 15) is 4.79 Å². The minimum Gasteiger partial charge on any atom is -0.492 e. The van der Waals surface area contributed by atoms with Crippen LogP contribution in [0.1, 0.15) is 20.8 Å². The molecule has 0 aliphatic carbocycles. The van der Waals surface area contributed by atoms with Gasteiger partial charge in [0.25, 0.3) is 0 Å². The number of hydrogen-bond acceptors (Lipinski definition) is 3. The lowest BCUT2D eigenvalue weighted by atomic mass is 10.0. The molecule has 0 radical (unpaired) electrons. The summed E-state index contributed by atoms with van der Waals surface area (Å²) in [5.74, 6) is 0.680. The summed E-state index contributed by atoms with van der Waals surface area (Å²) in [5.41, 5.74) is 1.69. The molecule has 0 spiro atoms. The molecule has 0 unspecified atom stereocenters. The Labute approximate surface area is 122 Å². The Balaban J connectivity index is 2.10. The quantitative estimate of drug-likeness (QED) is 0.759. The van der Waals surface area contributed by atoms with E-state index in [-0.39, 0.29) is 5.78 Å². The van der Waals surface area contributed by atoms with Gasteiger partial charge in [0.05, 0.1) is 21.4 Å². The van der Waals surface area contributed by atoms with E-state index in [1.807, 2.05) is 6.07 Å². The number of hydrogen-bond donors (Lipinski definition) is 0. The molecule has 1 aliphatic rings. The lowest BCUT2D eigenvalue weighted by molar-refractivity contribution is 0.103. The summed E-state index contributed by atoms with van der Waals surface area (Å²) < 4.78 is 7.08. The SMILES string of the molecule is O=C(c1ccc(Cl)s1)c1cc(Br)cc2c1OCC2. The van der Waals surface area contributed by atoms with Crippen molar-refractivity contribution in [1.82, 2.24) is 0 Å². The van der Waals surface area contributed by atoms with E-state index in [4.69, 9.17) is 16.3 Å². The molecule has 5 heteroatoms. The molecule has 2 heterocycles. The lowest BCUT2D eigenvalue weighted by Crippen LogP contribution is -2.01. The van der Waals surface area contributed by atoms with Gasteiger partial charge in [0.1, 0.15) is 5.75 Å². The standard InChI is InChI=1S/C13H8BrClO2S/c14-8-5-7-3-4-17-13(7)9(6-8)12(16)10-1-2-11(15)18-10/h1-2,5-6H,3-4H2. The van der Waals surface area contributed by atoms with E-state index in [2.05, 4.69) is 15.9 Å². The molecular weight excluding hydrogens is 336 g/mol. The highest BCUT2D eigenvalue weighted by Gasteiger charge is 2.23. The van der Waals surface area contributed by atoms with E-state index in [1.165, 1.54) is 11.3 Å². The highest BCUT2D eigenvalue weighted by Crippen LogP contribution is 2.35. The van der Waals surface area contributed by atoms with E-state index in [0.29, 0.717) is 27.1 Å². The third-order valence-electron chi connectivity index (χ3n) is 2.79. The van der Waals surface area contributed by atoms with Crippen LogP contribution >= 0.6 is 38.9 Å². The fourth-order valence-electron chi connectivity index (χ4n) is 2.01. The van der Waals surface area contributed by atoms with E-state index >= 15 is 0 Å². The molecule has 0 amide bonds. The maximum absolute atomic E-state index is 12.4. The van der Waals surface area contributed by atoms with Gasteiger partial charge in [-0.3, -0.25) is 4.79 Å². The van der Waals surface area contributed by atoms with Crippen molar-refractivity contribution in [2.24, 2.45) is 0 Å². The molecule has 0 fully saturated rings. The number of thiophene rings is 1. The van der Waals surface area contributed by atoms with Crippen LogP contribution in [0.3, 0.4) is 0 Å². The van der Waals surface area contributed by atoms with Crippen LogP contribution in [0, 0.1) is 0 Å².